The monoisotopic (exact) mass is 582 g/mol. The predicted octanol–water partition coefficient (Wildman–Crippen LogP) is 7.28. The number of carbonyl (C=O) groups is 1. The number of fused-ring (bicyclic) bond motifs is 1. The third-order valence-electron chi connectivity index (χ3n) is 7.40. The molecule has 5 rings (SSSR count). The number of sulfonamides is 1. The number of anilines is 2. The lowest BCUT2D eigenvalue weighted by molar-refractivity contribution is 0.0692. The van der Waals surface area contributed by atoms with Crippen molar-refractivity contribution in [2.75, 3.05) is 18.5 Å². The van der Waals surface area contributed by atoms with Crippen LogP contribution in [0.15, 0.2) is 46.7 Å². The van der Waals surface area contributed by atoms with E-state index < -0.39 is 27.4 Å². The van der Waals surface area contributed by atoms with Crippen LogP contribution in [0, 0.1) is 11.7 Å². The lowest BCUT2D eigenvalue weighted by Gasteiger charge is -2.36. The molecule has 1 aliphatic heterocycles. The number of aromatic carboxylic acids is 1. The number of carboxylic acid groups (broad SMARTS) is 1. The zero-order valence-corrected chi connectivity index (χ0v) is 23.1. The summed E-state index contributed by atoms with van der Waals surface area (Å²) in [6, 6.07) is 8.21. The highest BCUT2D eigenvalue weighted by Gasteiger charge is 2.41. The zero-order chi connectivity index (χ0) is 26.5. The molecule has 0 radical (unpaired) electrons. The van der Waals surface area contributed by atoms with E-state index in [4.69, 9.17) is 23.2 Å². The average Bonchev–Trinajstić information content (AvgIpc) is 3.27. The first-order valence-electron chi connectivity index (χ1n) is 11.9. The molecule has 2 aliphatic rings. The number of likely N-dealkylation sites (N-methyl/N-ethyl adjacent to an activating group) is 1. The van der Waals surface area contributed by atoms with Crippen molar-refractivity contribution in [3.05, 3.63) is 62.5 Å². The molecule has 0 spiro atoms. The van der Waals surface area contributed by atoms with Crippen LogP contribution in [0.3, 0.4) is 0 Å². The molecule has 0 amide bonds. The van der Waals surface area contributed by atoms with Crippen LogP contribution in [0.4, 0.5) is 15.8 Å². The molecule has 1 aliphatic carbocycles. The molecule has 37 heavy (non-hydrogen) atoms. The summed E-state index contributed by atoms with van der Waals surface area (Å²) < 4.78 is 44.2. The van der Waals surface area contributed by atoms with E-state index in [1.807, 2.05) is 16.3 Å². The molecule has 2 heterocycles. The Balaban J connectivity index is 1.71. The van der Waals surface area contributed by atoms with Gasteiger partial charge in [0.25, 0.3) is 0 Å². The Hall–Kier alpha value is -2.17. The van der Waals surface area contributed by atoms with Gasteiger partial charge in [0.15, 0.2) is 0 Å². The number of thiophene rings is 1. The maximum atomic E-state index is 14.1. The molecule has 0 bridgehead atoms. The average molecular weight is 584 g/mol. The smallest absolute Gasteiger partial charge is 0.338 e. The second kappa shape index (κ2) is 10.2. The first kappa shape index (κ1) is 26.4. The molecule has 3 aromatic rings. The van der Waals surface area contributed by atoms with Gasteiger partial charge in [-0.1, -0.05) is 48.5 Å². The summed E-state index contributed by atoms with van der Waals surface area (Å²) in [5.74, 6) is -2.09. The fraction of sp³-hybridized carbons (Fsp3) is 0.346. The second-order valence-corrected chi connectivity index (χ2v) is 13.4. The SMILES string of the molecule is CN1[C@H](C2CCCCC2)CN(c2csc(Cl)c2)c2cc(Cl)c(-c3ccc(F)c(C(=O)O)c3)cc2S1(=O)=O. The molecular weight excluding hydrogens is 558 g/mol. The maximum absolute atomic E-state index is 14.1. The summed E-state index contributed by atoms with van der Waals surface area (Å²) in [5.41, 5.74) is 1.30. The third kappa shape index (κ3) is 4.88. The van der Waals surface area contributed by atoms with Gasteiger partial charge in [0.05, 0.1) is 26.3 Å². The topological polar surface area (TPSA) is 77.9 Å². The summed E-state index contributed by atoms with van der Waals surface area (Å²) in [7, 11) is -2.34. The third-order valence-corrected chi connectivity index (χ3v) is 10.7. The quantitative estimate of drug-likeness (QED) is 0.349. The van der Waals surface area contributed by atoms with E-state index in [0.29, 0.717) is 27.7 Å². The van der Waals surface area contributed by atoms with Crippen LogP contribution in [0.25, 0.3) is 11.1 Å². The number of halogens is 3. The summed E-state index contributed by atoms with van der Waals surface area (Å²) >= 11 is 14.3. The minimum Gasteiger partial charge on any atom is -0.478 e. The Morgan fingerprint density at radius 2 is 1.84 bits per heavy atom. The van der Waals surface area contributed by atoms with E-state index in [-0.39, 0.29) is 21.9 Å². The highest BCUT2D eigenvalue weighted by Crippen LogP contribution is 2.45. The molecule has 1 aromatic heterocycles. The minimum absolute atomic E-state index is 0.0521. The van der Waals surface area contributed by atoms with Crippen molar-refractivity contribution in [2.45, 2.75) is 43.0 Å². The Morgan fingerprint density at radius 1 is 1.11 bits per heavy atom. The Labute approximate surface area is 229 Å². The molecule has 0 unspecified atom stereocenters. The van der Waals surface area contributed by atoms with E-state index in [2.05, 4.69) is 0 Å². The zero-order valence-electron chi connectivity index (χ0n) is 20.0. The molecular formula is C26H25Cl2FN2O4S2. The van der Waals surface area contributed by atoms with Crippen LogP contribution in [0.5, 0.6) is 0 Å². The second-order valence-electron chi connectivity index (χ2n) is 9.51. The molecule has 1 saturated carbocycles. The largest absolute Gasteiger partial charge is 0.478 e. The number of rotatable bonds is 4. The van der Waals surface area contributed by atoms with Crippen LogP contribution >= 0.6 is 34.5 Å². The standard InChI is InChI=1S/C26H25Cl2FN2O4S2/c1-30-23(15-5-3-2-4-6-15)13-31(17-10-25(28)36-14-17)22-12-20(27)18(11-24(22)37(30,34)35)16-7-8-21(29)19(9-16)26(32)33/h7-12,14-15,23H,2-6,13H2,1H3,(H,32,33)/t23-/m0/s1. The van der Waals surface area contributed by atoms with Gasteiger partial charge in [-0.2, -0.15) is 4.31 Å². The van der Waals surface area contributed by atoms with Crippen molar-refractivity contribution in [2.24, 2.45) is 5.92 Å². The predicted molar refractivity (Wildman–Crippen MR) is 145 cm³/mol. The fourth-order valence-electron chi connectivity index (χ4n) is 5.42. The van der Waals surface area contributed by atoms with E-state index in [1.165, 1.54) is 33.8 Å². The summed E-state index contributed by atoms with van der Waals surface area (Å²) in [4.78, 5) is 13.5. The molecule has 1 N–H and O–H groups in total. The van der Waals surface area contributed by atoms with Crippen LogP contribution in [-0.2, 0) is 10.0 Å². The number of hydrogen-bond acceptors (Lipinski definition) is 5. The molecule has 11 heteroatoms. The molecule has 6 nitrogen and oxygen atoms in total. The summed E-state index contributed by atoms with van der Waals surface area (Å²) in [5, 5.41) is 11.5. The van der Waals surface area contributed by atoms with Crippen LogP contribution in [0.1, 0.15) is 42.5 Å². The fourth-order valence-corrected chi connectivity index (χ4v) is 8.16. The van der Waals surface area contributed by atoms with Gasteiger partial charge >= 0.3 is 5.97 Å². The van der Waals surface area contributed by atoms with E-state index in [0.717, 1.165) is 43.9 Å². The molecule has 1 fully saturated rings. The maximum Gasteiger partial charge on any atom is 0.338 e. The van der Waals surface area contributed by atoms with Crippen molar-refractivity contribution in [3.63, 3.8) is 0 Å². The van der Waals surface area contributed by atoms with Gasteiger partial charge in [0.2, 0.25) is 10.0 Å². The number of benzene rings is 2. The van der Waals surface area contributed by atoms with E-state index in [1.54, 1.807) is 13.1 Å². The lowest BCUT2D eigenvalue weighted by atomic mass is 9.83. The van der Waals surface area contributed by atoms with Crippen molar-refractivity contribution < 1.29 is 22.7 Å². The van der Waals surface area contributed by atoms with Gasteiger partial charge in [-0.15, -0.1) is 11.3 Å². The van der Waals surface area contributed by atoms with Gasteiger partial charge in [-0.3, -0.25) is 0 Å². The van der Waals surface area contributed by atoms with Crippen LogP contribution in [0.2, 0.25) is 9.36 Å². The Kier molecular flexibility index (Phi) is 7.28. The van der Waals surface area contributed by atoms with Crippen molar-refractivity contribution in [1.82, 2.24) is 4.31 Å². The van der Waals surface area contributed by atoms with Gasteiger partial charge in [-0.05, 0) is 54.7 Å². The lowest BCUT2D eigenvalue weighted by Crippen LogP contribution is -2.46. The number of nitrogens with zero attached hydrogens (tertiary/aromatic N) is 2. The van der Waals surface area contributed by atoms with Crippen LogP contribution in [-0.4, -0.2) is 43.4 Å². The summed E-state index contributed by atoms with van der Waals surface area (Å²) in [6.45, 7) is 0.440. The molecule has 2 aromatic carbocycles. The normalized spacial score (nSPS) is 20.4. The first-order valence-corrected chi connectivity index (χ1v) is 15.0. The van der Waals surface area contributed by atoms with Crippen molar-refractivity contribution >= 4 is 61.9 Å². The van der Waals surface area contributed by atoms with Gasteiger partial charge in [-0.25, -0.2) is 17.6 Å². The van der Waals surface area contributed by atoms with Gasteiger partial charge in [0, 0.05) is 30.6 Å². The van der Waals surface area contributed by atoms with Crippen molar-refractivity contribution in [3.8, 4) is 11.1 Å². The minimum atomic E-state index is -3.96. The Bertz CT molecular complexity index is 1470. The van der Waals surface area contributed by atoms with Crippen LogP contribution < -0.4 is 4.90 Å². The highest BCUT2D eigenvalue weighted by molar-refractivity contribution is 7.89. The summed E-state index contributed by atoms with van der Waals surface area (Å²) in [6.07, 6.45) is 5.20. The van der Waals surface area contributed by atoms with E-state index in [9.17, 15) is 22.7 Å². The number of hydrogen-bond donors (Lipinski definition) is 1. The number of carboxylic acids is 1. The van der Waals surface area contributed by atoms with E-state index >= 15 is 0 Å². The molecule has 0 saturated heterocycles. The van der Waals surface area contributed by atoms with Gasteiger partial charge < -0.3 is 10.0 Å². The van der Waals surface area contributed by atoms with Crippen molar-refractivity contribution in [1.29, 1.82) is 0 Å². The molecule has 1 atom stereocenters. The van der Waals surface area contributed by atoms with Gasteiger partial charge in [0.1, 0.15) is 10.7 Å². The Morgan fingerprint density at radius 3 is 2.49 bits per heavy atom. The highest BCUT2D eigenvalue weighted by atomic mass is 35.5. The molecule has 196 valence electrons. The first-order chi connectivity index (χ1) is 17.6.